The predicted molar refractivity (Wildman–Crippen MR) is 76.3 cm³/mol. The molecule has 19 heavy (non-hydrogen) atoms. The number of tetrazole rings is 1. The highest BCUT2D eigenvalue weighted by Crippen LogP contribution is 2.32. The second-order valence-electron chi connectivity index (χ2n) is 4.72. The molecular formula is C13H15ClN4S. The average molecular weight is 295 g/mol. The van der Waals surface area contributed by atoms with E-state index in [9.17, 15) is 0 Å². The minimum atomic E-state index is 0.476. The third-order valence-corrected chi connectivity index (χ3v) is 4.80. The summed E-state index contributed by atoms with van der Waals surface area (Å²) in [6.07, 6.45) is 4.92. The smallest absolute Gasteiger partial charge is 0.209 e. The van der Waals surface area contributed by atoms with Crippen LogP contribution < -0.4 is 0 Å². The highest BCUT2D eigenvalue weighted by molar-refractivity contribution is 7.98. The Kier molecular flexibility index (Phi) is 4.03. The van der Waals surface area contributed by atoms with Gasteiger partial charge in [0.25, 0.3) is 0 Å². The number of aromatic nitrogens is 4. The number of rotatable bonds is 4. The molecule has 2 aromatic rings. The van der Waals surface area contributed by atoms with Crippen molar-refractivity contribution in [1.29, 1.82) is 0 Å². The van der Waals surface area contributed by atoms with Crippen LogP contribution in [0.4, 0.5) is 0 Å². The van der Waals surface area contributed by atoms with Crippen molar-refractivity contribution in [3.8, 4) is 0 Å². The highest BCUT2D eigenvalue weighted by Gasteiger charge is 2.21. The van der Waals surface area contributed by atoms with Gasteiger partial charge in [0.1, 0.15) is 0 Å². The summed E-state index contributed by atoms with van der Waals surface area (Å²) < 4.78 is 1.98. The SMILES string of the molecule is Clc1ccccc1CSc1nnnn1C1CCCC1. The van der Waals surface area contributed by atoms with Gasteiger partial charge in [0.05, 0.1) is 6.04 Å². The van der Waals surface area contributed by atoms with Crippen LogP contribution in [0.5, 0.6) is 0 Å². The zero-order valence-corrected chi connectivity index (χ0v) is 12.1. The van der Waals surface area contributed by atoms with Crippen molar-refractivity contribution in [2.45, 2.75) is 42.6 Å². The standard InChI is InChI=1S/C13H15ClN4S/c14-12-8-4-1-5-10(12)9-19-13-15-16-17-18(13)11-6-2-3-7-11/h1,4-5,8,11H,2-3,6-7,9H2. The lowest BCUT2D eigenvalue weighted by molar-refractivity contribution is 0.423. The summed E-state index contributed by atoms with van der Waals surface area (Å²) in [7, 11) is 0. The molecule has 0 aliphatic heterocycles. The first-order chi connectivity index (χ1) is 9.34. The van der Waals surface area contributed by atoms with Crippen molar-refractivity contribution in [1.82, 2.24) is 20.2 Å². The summed E-state index contributed by atoms with van der Waals surface area (Å²) >= 11 is 7.81. The molecule has 1 saturated carbocycles. The largest absolute Gasteiger partial charge is 0.217 e. The van der Waals surface area contributed by atoms with Crippen molar-refractivity contribution >= 4 is 23.4 Å². The molecule has 100 valence electrons. The van der Waals surface area contributed by atoms with Gasteiger partial charge in [-0.25, -0.2) is 4.68 Å². The Morgan fingerprint density at radius 2 is 2.05 bits per heavy atom. The molecule has 4 nitrogen and oxygen atoms in total. The van der Waals surface area contributed by atoms with Gasteiger partial charge in [-0.15, -0.1) is 5.10 Å². The first-order valence-electron chi connectivity index (χ1n) is 6.48. The van der Waals surface area contributed by atoms with Crippen LogP contribution in [0.25, 0.3) is 0 Å². The molecule has 0 radical (unpaired) electrons. The van der Waals surface area contributed by atoms with Gasteiger partial charge in [-0.2, -0.15) is 0 Å². The van der Waals surface area contributed by atoms with Gasteiger partial charge in [0.2, 0.25) is 5.16 Å². The molecule has 1 aliphatic carbocycles. The van der Waals surface area contributed by atoms with Crippen molar-refractivity contribution in [3.63, 3.8) is 0 Å². The third-order valence-electron chi connectivity index (χ3n) is 3.45. The van der Waals surface area contributed by atoms with Crippen LogP contribution in [-0.4, -0.2) is 20.2 Å². The second-order valence-corrected chi connectivity index (χ2v) is 6.07. The van der Waals surface area contributed by atoms with Crippen LogP contribution in [-0.2, 0) is 5.75 Å². The lowest BCUT2D eigenvalue weighted by Crippen LogP contribution is -2.08. The van der Waals surface area contributed by atoms with E-state index in [4.69, 9.17) is 11.6 Å². The maximum Gasteiger partial charge on any atom is 0.209 e. The normalized spacial score (nSPS) is 16.1. The number of hydrogen-bond donors (Lipinski definition) is 0. The topological polar surface area (TPSA) is 43.6 Å². The van der Waals surface area contributed by atoms with Crippen molar-refractivity contribution in [2.75, 3.05) is 0 Å². The molecule has 0 unspecified atom stereocenters. The number of nitrogens with zero attached hydrogens (tertiary/aromatic N) is 4. The molecule has 1 fully saturated rings. The van der Waals surface area contributed by atoms with Gasteiger partial charge < -0.3 is 0 Å². The first kappa shape index (κ1) is 12.9. The van der Waals surface area contributed by atoms with Gasteiger partial charge in [0, 0.05) is 10.8 Å². The van der Waals surface area contributed by atoms with Gasteiger partial charge in [-0.05, 0) is 34.9 Å². The molecule has 0 saturated heterocycles. The Bertz CT molecular complexity index is 551. The minimum Gasteiger partial charge on any atom is -0.217 e. The first-order valence-corrected chi connectivity index (χ1v) is 7.85. The van der Waals surface area contributed by atoms with E-state index in [1.165, 1.54) is 25.7 Å². The molecular weight excluding hydrogens is 280 g/mol. The maximum absolute atomic E-state index is 6.16. The van der Waals surface area contributed by atoms with E-state index >= 15 is 0 Å². The molecule has 0 atom stereocenters. The van der Waals surface area contributed by atoms with E-state index in [0.717, 1.165) is 21.5 Å². The molecule has 1 aliphatic rings. The third kappa shape index (κ3) is 2.92. The maximum atomic E-state index is 6.16. The van der Waals surface area contributed by atoms with E-state index < -0.39 is 0 Å². The van der Waals surface area contributed by atoms with Gasteiger partial charge >= 0.3 is 0 Å². The van der Waals surface area contributed by atoms with E-state index in [-0.39, 0.29) is 0 Å². The Morgan fingerprint density at radius 1 is 1.26 bits per heavy atom. The second kappa shape index (κ2) is 5.92. The summed E-state index contributed by atoms with van der Waals surface area (Å²) in [4.78, 5) is 0. The number of benzene rings is 1. The van der Waals surface area contributed by atoms with Crippen LogP contribution in [0.3, 0.4) is 0 Å². The van der Waals surface area contributed by atoms with Gasteiger partial charge in [-0.1, -0.05) is 54.4 Å². The molecule has 1 aromatic heterocycles. The minimum absolute atomic E-state index is 0.476. The molecule has 6 heteroatoms. The van der Waals surface area contributed by atoms with E-state index in [2.05, 4.69) is 15.5 Å². The lowest BCUT2D eigenvalue weighted by Gasteiger charge is -2.10. The van der Waals surface area contributed by atoms with Crippen LogP contribution in [0.15, 0.2) is 29.4 Å². The molecule has 0 amide bonds. The summed E-state index contributed by atoms with van der Waals surface area (Å²) in [6.45, 7) is 0. The average Bonchev–Trinajstić information content (AvgIpc) is 3.08. The monoisotopic (exact) mass is 294 g/mol. The van der Waals surface area contributed by atoms with E-state index in [1.807, 2.05) is 28.9 Å². The van der Waals surface area contributed by atoms with Crippen molar-refractivity contribution in [3.05, 3.63) is 34.9 Å². The van der Waals surface area contributed by atoms with Crippen LogP contribution >= 0.6 is 23.4 Å². The van der Waals surface area contributed by atoms with E-state index in [1.54, 1.807) is 11.8 Å². The zero-order valence-electron chi connectivity index (χ0n) is 10.5. The summed E-state index contributed by atoms with van der Waals surface area (Å²) in [5, 5.41) is 13.8. The Hall–Kier alpha value is -1.07. The molecule has 3 rings (SSSR count). The van der Waals surface area contributed by atoms with Crippen LogP contribution in [0.2, 0.25) is 5.02 Å². The number of thioether (sulfide) groups is 1. The quantitative estimate of drug-likeness (QED) is 0.806. The van der Waals surface area contributed by atoms with Crippen molar-refractivity contribution < 1.29 is 0 Å². The molecule has 0 spiro atoms. The predicted octanol–water partition coefficient (Wildman–Crippen LogP) is 3.73. The van der Waals surface area contributed by atoms with Crippen LogP contribution in [0, 0.1) is 0 Å². The fourth-order valence-electron chi connectivity index (χ4n) is 2.42. The summed E-state index contributed by atoms with van der Waals surface area (Å²) in [5.74, 6) is 0.798. The fraction of sp³-hybridized carbons (Fsp3) is 0.462. The summed E-state index contributed by atoms with van der Waals surface area (Å²) in [6, 6.07) is 8.38. The fourth-order valence-corrected chi connectivity index (χ4v) is 3.65. The molecule has 1 heterocycles. The Balaban J connectivity index is 1.70. The number of halogens is 1. The Morgan fingerprint density at radius 3 is 2.84 bits per heavy atom. The molecule has 0 N–H and O–H groups in total. The van der Waals surface area contributed by atoms with E-state index in [0.29, 0.717) is 6.04 Å². The summed E-state index contributed by atoms with van der Waals surface area (Å²) in [5.41, 5.74) is 1.12. The van der Waals surface area contributed by atoms with Crippen molar-refractivity contribution in [2.24, 2.45) is 0 Å². The van der Waals surface area contributed by atoms with Gasteiger partial charge in [-0.3, -0.25) is 0 Å². The zero-order chi connectivity index (χ0) is 13.1. The lowest BCUT2D eigenvalue weighted by atomic mass is 10.2. The number of hydrogen-bond acceptors (Lipinski definition) is 4. The molecule has 1 aromatic carbocycles. The Labute approximate surface area is 121 Å². The highest BCUT2D eigenvalue weighted by atomic mass is 35.5. The van der Waals surface area contributed by atoms with Crippen LogP contribution in [0.1, 0.15) is 37.3 Å². The van der Waals surface area contributed by atoms with Gasteiger partial charge in [0.15, 0.2) is 0 Å². The molecule has 0 bridgehead atoms.